The fraction of sp³-hybridized carbons (Fsp3) is 0.286. The number of benzene rings is 2. The maximum Gasteiger partial charge on any atom is 0.325 e. The first-order chi connectivity index (χ1) is 12.9. The van der Waals surface area contributed by atoms with Gasteiger partial charge >= 0.3 is 5.97 Å². The minimum absolute atomic E-state index is 0.0975. The van der Waals surface area contributed by atoms with Gasteiger partial charge in [-0.15, -0.1) is 0 Å². The Morgan fingerprint density at radius 3 is 2.41 bits per heavy atom. The molecule has 0 unspecified atom stereocenters. The lowest BCUT2D eigenvalue weighted by Gasteiger charge is -2.10. The molecule has 0 aliphatic heterocycles. The van der Waals surface area contributed by atoms with Gasteiger partial charge in [0.1, 0.15) is 12.4 Å². The van der Waals surface area contributed by atoms with Crippen molar-refractivity contribution in [3.8, 4) is 0 Å². The number of halogens is 1. The molecule has 1 amide bonds. The second-order valence-electron chi connectivity index (χ2n) is 6.21. The molecule has 1 N–H and O–H groups in total. The number of carbonyl (C=O) groups excluding carboxylic acids is 3. The SMILES string of the molecule is CC[C@H](C)c1ccc(C(=O)COC(=O)CNC(=O)c2cccc(F)c2)cc1. The zero-order valence-corrected chi connectivity index (χ0v) is 15.3. The molecule has 0 heterocycles. The van der Waals surface area contributed by atoms with Crippen LogP contribution >= 0.6 is 0 Å². The van der Waals surface area contributed by atoms with Gasteiger partial charge in [-0.05, 0) is 36.1 Å². The highest BCUT2D eigenvalue weighted by Gasteiger charge is 2.13. The first kappa shape index (κ1) is 20.3. The quantitative estimate of drug-likeness (QED) is 0.569. The van der Waals surface area contributed by atoms with Crippen LogP contribution in [0.5, 0.6) is 0 Å². The van der Waals surface area contributed by atoms with E-state index in [-0.39, 0.29) is 11.3 Å². The van der Waals surface area contributed by atoms with E-state index < -0.39 is 30.8 Å². The second-order valence-corrected chi connectivity index (χ2v) is 6.21. The van der Waals surface area contributed by atoms with Gasteiger partial charge in [0.15, 0.2) is 12.4 Å². The molecule has 0 aliphatic rings. The molecule has 0 radical (unpaired) electrons. The zero-order valence-electron chi connectivity index (χ0n) is 15.3. The summed E-state index contributed by atoms with van der Waals surface area (Å²) in [5, 5.41) is 2.32. The van der Waals surface area contributed by atoms with Crippen molar-refractivity contribution in [1.82, 2.24) is 5.32 Å². The number of carbonyl (C=O) groups is 3. The minimum Gasteiger partial charge on any atom is -0.456 e. The minimum atomic E-state index is -0.746. The molecule has 2 aromatic carbocycles. The normalized spacial score (nSPS) is 11.5. The Kier molecular flexibility index (Phi) is 7.23. The van der Waals surface area contributed by atoms with E-state index in [1.807, 2.05) is 12.1 Å². The van der Waals surface area contributed by atoms with Crippen molar-refractivity contribution in [1.29, 1.82) is 0 Å². The largest absolute Gasteiger partial charge is 0.456 e. The number of ketones is 1. The van der Waals surface area contributed by atoms with Crippen molar-refractivity contribution in [2.24, 2.45) is 0 Å². The van der Waals surface area contributed by atoms with Crippen molar-refractivity contribution in [2.75, 3.05) is 13.2 Å². The van der Waals surface area contributed by atoms with E-state index in [9.17, 15) is 18.8 Å². The van der Waals surface area contributed by atoms with Gasteiger partial charge in [0.05, 0.1) is 0 Å². The zero-order chi connectivity index (χ0) is 19.8. The average Bonchev–Trinajstić information content (AvgIpc) is 2.69. The van der Waals surface area contributed by atoms with Gasteiger partial charge in [-0.25, -0.2) is 4.39 Å². The smallest absolute Gasteiger partial charge is 0.325 e. The molecule has 0 aromatic heterocycles. The molecule has 142 valence electrons. The summed E-state index contributed by atoms with van der Waals surface area (Å²) in [7, 11) is 0. The molecule has 2 rings (SSSR count). The van der Waals surface area contributed by atoms with Crippen LogP contribution in [-0.2, 0) is 9.53 Å². The average molecular weight is 371 g/mol. The van der Waals surface area contributed by atoms with Crippen LogP contribution in [-0.4, -0.2) is 30.8 Å². The van der Waals surface area contributed by atoms with E-state index in [1.54, 1.807) is 12.1 Å². The van der Waals surface area contributed by atoms with Crippen LogP contribution in [0.15, 0.2) is 48.5 Å². The van der Waals surface area contributed by atoms with E-state index in [0.29, 0.717) is 11.5 Å². The summed E-state index contributed by atoms with van der Waals surface area (Å²) in [6, 6.07) is 12.3. The van der Waals surface area contributed by atoms with Crippen LogP contribution in [0, 0.1) is 5.82 Å². The van der Waals surface area contributed by atoms with Crippen LogP contribution in [0.3, 0.4) is 0 Å². The lowest BCUT2D eigenvalue weighted by Crippen LogP contribution is -2.31. The number of ether oxygens (including phenoxy) is 1. The van der Waals surface area contributed by atoms with Crippen molar-refractivity contribution >= 4 is 17.7 Å². The monoisotopic (exact) mass is 371 g/mol. The van der Waals surface area contributed by atoms with Gasteiger partial charge < -0.3 is 10.1 Å². The maximum atomic E-state index is 13.1. The molecule has 0 saturated carbocycles. The Balaban J connectivity index is 1.79. The lowest BCUT2D eigenvalue weighted by atomic mass is 9.97. The predicted molar refractivity (Wildman–Crippen MR) is 99.2 cm³/mol. The van der Waals surface area contributed by atoms with E-state index in [0.717, 1.165) is 18.1 Å². The molecule has 5 nitrogen and oxygen atoms in total. The van der Waals surface area contributed by atoms with Gasteiger partial charge in [0.2, 0.25) is 0 Å². The number of Topliss-reactive ketones (excluding diaryl/α,β-unsaturated/α-hetero) is 1. The molecule has 0 saturated heterocycles. The number of hydrogen-bond donors (Lipinski definition) is 1. The highest BCUT2D eigenvalue weighted by molar-refractivity contribution is 5.98. The van der Waals surface area contributed by atoms with Gasteiger partial charge in [-0.2, -0.15) is 0 Å². The number of hydrogen-bond acceptors (Lipinski definition) is 4. The van der Waals surface area contributed by atoms with Gasteiger partial charge in [0, 0.05) is 11.1 Å². The Labute approximate surface area is 157 Å². The van der Waals surface area contributed by atoms with E-state index in [1.165, 1.54) is 18.2 Å². The van der Waals surface area contributed by atoms with Crippen LogP contribution in [0.1, 0.15) is 52.5 Å². The van der Waals surface area contributed by atoms with Gasteiger partial charge in [-0.3, -0.25) is 14.4 Å². The second kappa shape index (κ2) is 9.62. The van der Waals surface area contributed by atoms with Crippen LogP contribution < -0.4 is 5.32 Å². The van der Waals surface area contributed by atoms with E-state index in [2.05, 4.69) is 19.2 Å². The number of esters is 1. The molecule has 0 fully saturated rings. The van der Waals surface area contributed by atoms with Crippen LogP contribution in [0.4, 0.5) is 4.39 Å². The number of rotatable bonds is 8. The molecule has 27 heavy (non-hydrogen) atoms. The third kappa shape index (κ3) is 6.02. The highest BCUT2D eigenvalue weighted by Crippen LogP contribution is 2.18. The fourth-order valence-corrected chi connectivity index (χ4v) is 2.40. The summed E-state index contributed by atoms with van der Waals surface area (Å²) in [5.41, 5.74) is 1.70. The van der Waals surface area contributed by atoms with Crippen molar-refractivity contribution in [3.05, 3.63) is 71.0 Å². The van der Waals surface area contributed by atoms with E-state index >= 15 is 0 Å². The standard InChI is InChI=1S/C21H22FNO4/c1-3-14(2)15-7-9-16(10-8-15)19(24)13-27-20(25)12-23-21(26)17-5-4-6-18(22)11-17/h4-11,14H,3,12-13H2,1-2H3,(H,23,26)/t14-/m0/s1. The topological polar surface area (TPSA) is 72.5 Å². The molecular weight excluding hydrogens is 349 g/mol. The van der Waals surface area contributed by atoms with Crippen molar-refractivity contribution in [2.45, 2.75) is 26.2 Å². The molecule has 6 heteroatoms. The van der Waals surface area contributed by atoms with Crippen LogP contribution in [0.25, 0.3) is 0 Å². The summed E-state index contributed by atoms with van der Waals surface area (Å²) < 4.78 is 18.0. The number of amides is 1. The van der Waals surface area contributed by atoms with Gasteiger partial charge in [0.25, 0.3) is 5.91 Å². The van der Waals surface area contributed by atoms with Crippen LogP contribution in [0.2, 0.25) is 0 Å². The summed E-state index contributed by atoms with van der Waals surface area (Å²) in [6.45, 7) is 3.39. The predicted octanol–water partition coefficient (Wildman–Crippen LogP) is 3.50. The first-order valence-electron chi connectivity index (χ1n) is 8.73. The maximum absolute atomic E-state index is 13.1. The molecule has 0 bridgehead atoms. The summed E-state index contributed by atoms with van der Waals surface area (Å²) in [4.78, 5) is 35.6. The molecule has 1 atom stereocenters. The molecule has 2 aromatic rings. The lowest BCUT2D eigenvalue weighted by molar-refractivity contribution is -0.141. The van der Waals surface area contributed by atoms with E-state index in [4.69, 9.17) is 4.74 Å². The Bertz CT molecular complexity index is 817. The third-order valence-corrected chi connectivity index (χ3v) is 4.26. The van der Waals surface area contributed by atoms with Crippen molar-refractivity contribution < 1.29 is 23.5 Å². The summed E-state index contributed by atoms with van der Waals surface area (Å²) in [5.74, 6) is -1.80. The number of nitrogens with one attached hydrogen (secondary N) is 1. The summed E-state index contributed by atoms with van der Waals surface area (Å²) >= 11 is 0. The van der Waals surface area contributed by atoms with Gasteiger partial charge in [-0.1, -0.05) is 44.2 Å². The molecule has 0 spiro atoms. The first-order valence-corrected chi connectivity index (χ1v) is 8.73. The Morgan fingerprint density at radius 2 is 1.78 bits per heavy atom. The fourth-order valence-electron chi connectivity index (χ4n) is 2.40. The molecule has 0 aliphatic carbocycles. The summed E-state index contributed by atoms with van der Waals surface area (Å²) in [6.07, 6.45) is 1.01. The molecular formula is C21H22FNO4. The highest BCUT2D eigenvalue weighted by atomic mass is 19.1. The third-order valence-electron chi connectivity index (χ3n) is 4.26. The Morgan fingerprint density at radius 1 is 1.07 bits per heavy atom. The Hall–Kier alpha value is -3.02. The van der Waals surface area contributed by atoms with Crippen molar-refractivity contribution in [3.63, 3.8) is 0 Å².